The monoisotopic (exact) mass is 431 g/mol. The van der Waals surface area contributed by atoms with Gasteiger partial charge in [-0.15, -0.1) is 10.2 Å². The molecule has 152 valence electrons. The van der Waals surface area contributed by atoms with E-state index in [9.17, 15) is 18.0 Å². The van der Waals surface area contributed by atoms with Crippen LogP contribution in [0.1, 0.15) is 5.56 Å². The second kappa shape index (κ2) is 8.99. The molecule has 1 amide bonds. The number of carbonyl (C=O) groups excluding carboxylic acids is 1. The predicted molar refractivity (Wildman–Crippen MR) is 105 cm³/mol. The van der Waals surface area contributed by atoms with Gasteiger partial charge in [0.25, 0.3) is 0 Å². The van der Waals surface area contributed by atoms with E-state index in [0.717, 1.165) is 30.1 Å². The molecule has 2 heterocycles. The molecular formula is C17H20F3N5OS2. The molecule has 1 N–H and O–H groups in total. The molecule has 1 saturated heterocycles. The Morgan fingerprint density at radius 1 is 1.25 bits per heavy atom. The lowest BCUT2D eigenvalue weighted by Crippen LogP contribution is -2.49. The van der Waals surface area contributed by atoms with Crippen molar-refractivity contribution in [1.29, 1.82) is 0 Å². The topological polar surface area (TPSA) is 61.4 Å². The first-order valence-electron chi connectivity index (χ1n) is 8.66. The molecule has 0 unspecified atom stereocenters. The molecule has 28 heavy (non-hydrogen) atoms. The van der Waals surface area contributed by atoms with E-state index >= 15 is 0 Å². The minimum Gasteiger partial charge on any atom is -0.368 e. The maximum Gasteiger partial charge on any atom is 0.405 e. The molecule has 1 aromatic carbocycles. The number of hydrogen-bond acceptors (Lipinski definition) is 7. The van der Waals surface area contributed by atoms with Gasteiger partial charge < -0.3 is 15.1 Å². The van der Waals surface area contributed by atoms with Crippen LogP contribution in [0.25, 0.3) is 0 Å². The zero-order valence-electron chi connectivity index (χ0n) is 15.2. The summed E-state index contributed by atoms with van der Waals surface area (Å²) in [5, 5.41) is 9.76. The Morgan fingerprint density at radius 2 is 2.00 bits per heavy atom. The number of hydrogen-bond donors (Lipinski definition) is 1. The summed E-state index contributed by atoms with van der Waals surface area (Å²) in [5.74, 6) is 0.187. The molecule has 1 aliphatic heterocycles. The van der Waals surface area contributed by atoms with Crippen LogP contribution in [-0.2, 0) is 4.79 Å². The van der Waals surface area contributed by atoms with Crippen molar-refractivity contribution < 1.29 is 18.0 Å². The second-order valence-electron chi connectivity index (χ2n) is 6.34. The highest BCUT2D eigenvalue weighted by atomic mass is 32.2. The fourth-order valence-corrected chi connectivity index (χ4v) is 4.42. The number of halogens is 3. The summed E-state index contributed by atoms with van der Waals surface area (Å²) < 4.78 is 37.1. The molecule has 1 fully saturated rings. The van der Waals surface area contributed by atoms with E-state index < -0.39 is 12.7 Å². The molecule has 0 aliphatic carbocycles. The van der Waals surface area contributed by atoms with Crippen molar-refractivity contribution in [3.8, 4) is 0 Å². The van der Waals surface area contributed by atoms with Crippen LogP contribution in [0.4, 0.5) is 24.0 Å². The van der Waals surface area contributed by atoms with Crippen LogP contribution in [0.5, 0.6) is 0 Å². The van der Waals surface area contributed by atoms with Gasteiger partial charge in [-0.05, 0) is 24.6 Å². The first-order chi connectivity index (χ1) is 13.3. The zero-order chi connectivity index (χ0) is 20.1. The smallest absolute Gasteiger partial charge is 0.368 e. The van der Waals surface area contributed by atoms with Crippen LogP contribution in [0.15, 0.2) is 28.6 Å². The normalized spacial score (nSPS) is 15.0. The van der Waals surface area contributed by atoms with Gasteiger partial charge in [0.2, 0.25) is 11.0 Å². The first kappa shape index (κ1) is 20.7. The van der Waals surface area contributed by atoms with Gasteiger partial charge in [-0.2, -0.15) is 13.2 Å². The number of thioether (sulfide) groups is 1. The molecule has 0 bridgehead atoms. The third-order valence-electron chi connectivity index (χ3n) is 4.16. The summed E-state index contributed by atoms with van der Waals surface area (Å²) in [6.45, 7) is 3.71. The lowest BCUT2D eigenvalue weighted by atomic mass is 10.2. The lowest BCUT2D eigenvalue weighted by Gasteiger charge is -2.36. The van der Waals surface area contributed by atoms with E-state index in [2.05, 4.69) is 45.5 Å². The molecular weight excluding hydrogens is 411 g/mol. The summed E-state index contributed by atoms with van der Waals surface area (Å²) in [6, 6.07) is 8.28. The van der Waals surface area contributed by atoms with Gasteiger partial charge in [-0.25, -0.2) is 0 Å². The minimum atomic E-state index is -4.31. The van der Waals surface area contributed by atoms with Gasteiger partial charge in [0, 0.05) is 31.9 Å². The van der Waals surface area contributed by atoms with Crippen LogP contribution in [-0.4, -0.2) is 65.7 Å². The fourth-order valence-electron chi connectivity index (χ4n) is 2.77. The number of piperazine rings is 1. The Morgan fingerprint density at radius 3 is 2.68 bits per heavy atom. The van der Waals surface area contributed by atoms with Crippen molar-refractivity contribution in [2.75, 3.05) is 48.7 Å². The zero-order valence-corrected chi connectivity index (χ0v) is 16.8. The molecule has 0 saturated carbocycles. The standard InChI is InChI=1S/C17H20F3N5OS2/c1-12-3-2-4-13(9-12)24-5-7-25(8-6-24)14(26)10-27-16-23-22-15(28-16)21-11-17(18,19)20/h2-4,9H,5-8,10-11H2,1H3,(H,21,22). The lowest BCUT2D eigenvalue weighted by molar-refractivity contribution is -0.128. The van der Waals surface area contributed by atoms with Gasteiger partial charge in [0.05, 0.1) is 5.75 Å². The van der Waals surface area contributed by atoms with E-state index in [1.807, 2.05) is 11.0 Å². The summed E-state index contributed by atoms with van der Waals surface area (Å²) in [5.41, 5.74) is 2.36. The summed E-state index contributed by atoms with van der Waals surface area (Å²) in [7, 11) is 0. The fraction of sp³-hybridized carbons (Fsp3) is 0.471. The van der Waals surface area contributed by atoms with Crippen molar-refractivity contribution in [2.24, 2.45) is 0 Å². The summed E-state index contributed by atoms with van der Waals surface area (Å²) in [4.78, 5) is 16.5. The van der Waals surface area contributed by atoms with Gasteiger partial charge >= 0.3 is 6.18 Å². The van der Waals surface area contributed by atoms with Crippen molar-refractivity contribution in [3.05, 3.63) is 29.8 Å². The van der Waals surface area contributed by atoms with Crippen LogP contribution in [0, 0.1) is 6.92 Å². The average molecular weight is 432 g/mol. The van der Waals surface area contributed by atoms with E-state index in [1.165, 1.54) is 17.3 Å². The Kier molecular flexibility index (Phi) is 6.65. The highest BCUT2D eigenvalue weighted by Crippen LogP contribution is 2.27. The quantitative estimate of drug-likeness (QED) is 0.709. The minimum absolute atomic E-state index is 0.00565. The summed E-state index contributed by atoms with van der Waals surface area (Å²) in [6.07, 6.45) is -4.31. The van der Waals surface area contributed by atoms with E-state index in [4.69, 9.17) is 0 Å². The van der Waals surface area contributed by atoms with Crippen LogP contribution >= 0.6 is 23.1 Å². The van der Waals surface area contributed by atoms with Gasteiger partial charge in [-0.3, -0.25) is 4.79 Å². The molecule has 3 rings (SSSR count). The molecule has 2 aromatic rings. The highest BCUT2D eigenvalue weighted by Gasteiger charge is 2.27. The Balaban J connectivity index is 1.43. The largest absolute Gasteiger partial charge is 0.405 e. The number of nitrogens with one attached hydrogen (secondary N) is 1. The van der Waals surface area contributed by atoms with Gasteiger partial charge in [-0.1, -0.05) is 35.2 Å². The summed E-state index contributed by atoms with van der Waals surface area (Å²) >= 11 is 2.21. The number of carbonyl (C=O) groups is 1. The highest BCUT2D eigenvalue weighted by molar-refractivity contribution is 8.01. The van der Waals surface area contributed by atoms with Crippen LogP contribution in [0.3, 0.4) is 0 Å². The Labute approximate surface area is 169 Å². The van der Waals surface area contributed by atoms with E-state index in [0.29, 0.717) is 17.4 Å². The maximum absolute atomic E-state index is 12.4. The number of aromatic nitrogens is 2. The number of alkyl halides is 3. The average Bonchev–Trinajstić information content (AvgIpc) is 3.12. The molecule has 0 radical (unpaired) electrons. The Hall–Kier alpha value is -2.01. The van der Waals surface area contributed by atoms with Crippen LogP contribution in [0.2, 0.25) is 0 Å². The first-order valence-corrected chi connectivity index (χ1v) is 10.5. The maximum atomic E-state index is 12.4. The van der Waals surface area contributed by atoms with E-state index in [1.54, 1.807) is 0 Å². The van der Waals surface area contributed by atoms with Crippen LogP contribution < -0.4 is 10.2 Å². The second-order valence-corrected chi connectivity index (χ2v) is 8.54. The molecule has 6 nitrogen and oxygen atoms in total. The van der Waals surface area contributed by atoms with Gasteiger partial charge in [0.1, 0.15) is 6.54 Å². The van der Waals surface area contributed by atoms with Crippen molar-refractivity contribution >= 4 is 39.8 Å². The predicted octanol–water partition coefficient (Wildman–Crippen LogP) is 3.26. The van der Waals surface area contributed by atoms with Crippen molar-refractivity contribution in [1.82, 2.24) is 15.1 Å². The van der Waals surface area contributed by atoms with Crippen molar-refractivity contribution in [2.45, 2.75) is 17.4 Å². The molecule has 0 spiro atoms. The number of benzene rings is 1. The molecule has 1 aromatic heterocycles. The van der Waals surface area contributed by atoms with E-state index in [-0.39, 0.29) is 16.8 Å². The molecule has 11 heteroatoms. The molecule has 0 atom stereocenters. The number of nitrogens with zero attached hydrogens (tertiary/aromatic N) is 4. The SMILES string of the molecule is Cc1cccc(N2CCN(C(=O)CSc3nnc(NCC(F)(F)F)s3)CC2)c1. The Bertz CT molecular complexity index is 806. The number of rotatable bonds is 6. The number of anilines is 2. The third kappa shape index (κ3) is 5.99. The molecule has 1 aliphatic rings. The van der Waals surface area contributed by atoms with Gasteiger partial charge in [0.15, 0.2) is 4.34 Å². The number of amides is 1. The van der Waals surface area contributed by atoms with Crippen molar-refractivity contribution in [3.63, 3.8) is 0 Å². The third-order valence-corrected chi connectivity index (χ3v) is 6.16. The number of aryl methyl sites for hydroxylation is 1.